The molecular weight excluding hydrogens is 287 g/mol. The molecule has 3 fully saturated rings. The lowest BCUT2D eigenvalue weighted by molar-refractivity contribution is -0.141. The van der Waals surface area contributed by atoms with Crippen LogP contribution in [0, 0.1) is 6.92 Å². The second-order valence-corrected chi connectivity index (χ2v) is 6.89. The zero-order chi connectivity index (χ0) is 15.6. The van der Waals surface area contributed by atoms with E-state index in [4.69, 9.17) is 0 Å². The zero-order valence-electron chi connectivity index (χ0n) is 12.2. The number of rotatable bonds is 2. The van der Waals surface area contributed by atoms with Crippen molar-refractivity contribution in [3.8, 4) is 0 Å². The highest BCUT2D eigenvalue weighted by atomic mass is 19.4. The minimum Gasteiger partial charge on any atom is -0.251 e. The standard InChI is InChI=1S/C18H16F3N/c1-12-2-4-13(5-3-12)16-9-17(10-16,11-16)14-6-7-15(22-8-14)18(19,20)21/h2-8H,9-11H2,1H3. The first-order chi connectivity index (χ1) is 10.3. The van der Waals surface area contributed by atoms with Crippen LogP contribution in [0.5, 0.6) is 0 Å². The van der Waals surface area contributed by atoms with Gasteiger partial charge in [-0.05, 0) is 54.2 Å². The van der Waals surface area contributed by atoms with Crippen molar-refractivity contribution in [2.45, 2.75) is 43.2 Å². The molecule has 4 heteroatoms. The summed E-state index contributed by atoms with van der Waals surface area (Å²) >= 11 is 0. The Morgan fingerprint density at radius 3 is 1.91 bits per heavy atom. The SMILES string of the molecule is Cc1ccc(C23CC(c4ccc(C(F)(F)F)nc4)(C2)C3)cc1. The van der Waals surface area contributed by atoms with Crippen molar-refractivity contribution in [2.24, 2.45) is 0 Å². The van der Waals surface area contributed by atoms with Crippen LogP contribution < -0.4 is 0 Å². The molecule has 0 radical (unpaired) electrons. The molecule has 3 aliphatic carbocycles. The summed E-state index contributed by atoms with van der Waals surface area (Å²) in [5, 5.41) is 0. The molecule has 114 valence electrons. The number of hydrogen-bond acceptors (Lipinski definition) is 1. The van der Waals surface area contributed by atoms with Crippen molar-refractivity contribution in [2.75, 3.05) is 0 Å². The van der Waals surface area contributed by atoms with Crippen LogP contribution in [0.25, 0.3) is 0 Å². The molecule has 0 spiro atoms. The summed E-state index contributed by atoms with van der Waals surface area (Å²) in [6, 6.07) is 11.3. The molecule has 1 aromatic heterocycles. The molecule has 1 heterocycles. The number of nitrogens with zero attached hydrogens (tertiary/aromatic N) is 1. The molecule has 3 aliphatic rings. The summed E-state index contributed by atoms with van der Waals surface area (Å²) in [4.78, 5) is 3.60. The monoisotopic (exact) mass is 303 g/mol. The minimum atomic E-state index is -4.36. The molecule has 2 bridgehead atoms. The number of hydrogen-bond donors (Lipinski definition) is 0. The third kappa shape index (κ3) is 1.82. The van der Waals surface area contributed by atoms with E-state index in [1.807, 2.05) is 0 Å². The Kier molecular flexibility index (Phi) is 2.58. The maximum Gasteiger partial charge on any atom is 0.433 e. The Bertz CT molecular complexity index is 694. The van der Waals surface area contributed by atoms with Crippen molar-refractivity contribution in [1.82, 2.24) is 4.98 Å². The Morgan fingerprint density at radius 1 is 0.864 bits per heavy atom. The molecule has 0 N–H and O–H groups in total. The molecule has 0 unspecified atom stereocenters. The number of halogens is 3. The molecule has 0 aliphatic heterocycles. The average Bonchev–Trinajstić information content (AvgIpc) is 2.37. The van der Waals surface area contributed by atoms with Gasteiger partial charge in [0.1, 0.15) is 5.69 Å². The highest BCUT2D eigenvalue weighted by Gasteiger charge is 2.68. The summed E-state index contributed by atoms with van der Waals surface area (Å²) in [6.45, 7) is 2.07. The largest absolute Gasteiger partial charge is 0.433 e. The predicted octanol–water partition coefficient (Wildman–Crippen LogP) is 4.78. The van der Waals surface area contributed by atoms with E-state index < -0.39 is 11.9 Å². The van der Waals surface area contributed by atoms with Gasteiger partial charge in [0.15, 0.2) is 0 Å². The van der Waals surface area contributed by atoms with E-state index in [2.05, 4.69) is 36.2 Å². The van der Waals surface area contributed by atoms with Gasteiger partial charge in [-0.3, -0.25) is 4.98 Å². The molecular formula is C18H16F3N. The lowest BCUT2D eigenvalue weighted by atomic mass is 9.32. The normalized spacial score (nSPS) is 29.6. The van der Waals surface area contributed by atoms with Crippen LogP contribution in [-0.4, -0.2) is 4.98 Å². The van der Waals surface area contributed by atoms with E-state index in [1.165, 1.54) is 17.3 Å². The van der Waals surface area contributed by atoms with E-state index >= 15 is 0 Å². The number of pyridine rings is 1. The number of benzene rings is 1. The van der Waals surface area contributed by atoms with E-state index in [0.717, 1.165) is 30.9 Å². The first-order valence-electron chi connectivity index (χ1n) is 7.44. The van der Waals surface area contributed by atoms with E-state index in [1.54, 1.807) is 6.07 Å². The zero-order valence-corrected chi connectivity index (χ0v) is 12.2. The lowest BCUT2D eigenvalue weighted by Gasteiger charge is -2.71. The van der Waals surface area contributed by atoms with Crippen molar-refractivity contribution >= 4 is 0 Å². The summed E-state index contributed by atoms with van der Waals surface area (Å²) in [6.07, 6.45) is 0.129. The van der Waals surface area contributed by atoms with Crippen molar-refractivity contribution in [3.63, 3.8) is 0 Å². The van der Waals surface area contributed by atoms with Gasteiger partial charge in [-0.1, -0.05) is 35.9 Å². The van der Waals surface area contributed by atoms with Gasteiger partial charge in [-0.15, -0.1) is 0 Å². The van der Waals surface area contributed by atoms with Gasteiger partial charge in [-0.25, -0.2) is 0 Å². The van der Waals surface area contributed by atoms with Gasteiger partial charge in [0.05, 0.1) is 0 Å². The van der Waals surface area contributed by atoms with E-state index in [0.29, 0.717) is 0 Å². The molecule has 0 amide bonds. The molecule has 0 atom stereocenters. The Hall–Kier alpha value is -1.84. The van der Waals surface area contributed by atoms with Gasteiger partial charge in [-0.2, -0.15) is 13.2 Å². The Balaban J connectivity index is 1.53. The van der Waals surface area contributed by atoms with Crippen LogP contribution in [0.1, 0.15) is 41.6 Å². The summed E-state index contributed by atoms with van der Waals surface area (Å²) in [7, 11) is 0. The minimum absolute atomic E-state index is 0.0576. The fraction of sp³-hybridized carbons (Fsp3) is 0.389. The topological polar surface area (TPSA) is 12.9 Å². The molecule has 5 rings (SSSR count). The van der Waals surface area contributed by atoms with E-state index in [9.17, 15) is 13.2 Å². The van der Waals surface area contributed by atoms with Gasteiger partial charge in [0.25, 0.3) is 0 Å². The molecule has 22 heavy (non-hydrogen) atoms. The van der Waals surface area contributed by atoms with Crippen LogP contribution in [0.2, 0.25) is 0 Å². The van der Waals surface area contributed by atoms with Crippen LogP contribution in [0.15, 0.2) is 42.6 Å². The van der Waals surface area contributed by atoms with E-state index in [-0.39, 0.29) is 10.8 Å². The van der Waals surface area contributed by atoms with Gasteiger partial charge in [0.2, 0.25) is 0 Å². The smallest absolute Gasteiger partial charge is 0.251 e. The summed E-state index contributed by atoms with van der Waals surface area (Å²) in [5.74, 6) is 0. The second kappa shape index (κ2) is 4.12. The molecule has 0 saturated heterocycles. The highest BCUT2D eigenvalue weighted by Crippen LogP contribution is 2.73. The first kappa shape index (κ1) is 13.8. The van der Waals surface area contributed by atoms with Crippen LogP contribution in [-0.2, 0) is 17.0 Å². The van der Waals surface area contributed by atoms with Crippen LogP contribution in [0.4, 0.5) is 13.2 Å². The average molecular weight is 303 g/mol. The quantitative estimate of drug-likeness (QED) is 0.778. The van der Waals surface area contributed by atoms with Gasteiger partial charge < -0.3 is 0 Å². The van der Waals surface area contributed by atoms with Crippen molar-refractivity contribution in [3.05, 3.63) is 65.0 Å². The van der Waals surface area contributed by atoms with Gasteiger partial charge in [0, 0.05) is 6.20 Å². The van der Waals surface area contributed by atoms with Crippen molar-refractivity contribution in [1.29, 1.82) is 0 Å². The molecule has 2 aromatic rings. The highest BCUT2D eigenvalue weighted by molar-refractivity contribution is 5.48. The summed E-state index contributed by atoms with van der Waals surface area (Å²) < 4.78 is 37.7. The number of alkyl halides is 3. The van der Waals surface area contributed by atoms with Crippen molar-refractivity contribution < 1.29 is 13.2 Å². The third-order valence-corrected chi connectivity index (χ3v) is 5.36. The number of aromatic nitrogens is 1. The van der Waals surface area contributed by atoms with Gasteiger partial charge >= 0.3 is 6.18 Å². The first-order valence-corrected chi connectivity index (χ1v) is 7.44. The molecule has 1 aromatic carbocycles. The maximum atomic E-state index is 12.6. The van der Waals surface area contributed by atoms with Crippen LogP contribution in [0.3, 0.4) is 0 Å². The molecule has 1 nitrogen and oxygen atoms in total. The Morgan fingerprint density at radius 2 is 1.41 bits per heavy atom. The number of aryl methyl sites for hydroxylation is 1. The van der Waals surface area contributed by atoms with Crippen LogP contribution >= 0.6 is 0 Å². The predicted molar refractivity (Wildman–Crippen MR) is 77.6 cm³/mol. The summed E-state index contributed by atoms with van der Waals surface area (Å²) in [5.41, 5.74) is 3.06. The maximum absolute atomic E-state index is 12.6. The molecule has 3 saturated carbocycles. The fourth-order valence-electron chi connectivity index (χ4n) is 4.18. The second-order valence-electron chi connectivity index (χ2n) is 6.89. The lowest BCUT2D eigenvalue weighted by Crippen LogP contribution is -2.67. The fourth-order valence-corrected chi connectivity index (χ4v) is 4.18. The Labute approximate surface area is 127 Å². The third-order valence-electron chi connectivity index (χ3n) is 5.36.